The van der Waals surface area contributed by atoms with Crippen LogP contribution in [0.1, 0.15) is 55.7 Å². The number of nitrogens with zero attached hydrogens (tertiary/aromatic N) is 1. The molecule has 2 aliphatic heterocycles. The molecule has 0 unspecified atom stereocenters. The number of nitrogens with one attached hydrogen (secondary N) is 1. The first-order valence-electron chi connectivity index (χ1n) is 15.9. The molecule has 0 radical (unpaired) electrons. The highest BCUT2D eigenvalue weighted by molar-refractivity contribution is 5.87. The number of ether oxygens (including phenoxy) is 4. The van der Waals surface area contributed by atoms with Crippen LogP contribution in [0.5, 0.6) is 23.0 Å². The van der Waals surface area contributed by atoms with Crippen molar-refractivity contribution >= 4 is 11.8 Å². The van der Waals surface area contributed by atoms with Gasteiger partial charge >= 0.3 is 0 Å². The van der Waals surface area contributed by atoms with Crippen molar-refractivity contribution in [3.8, 4) is 23.0 Å². The average Bonchev–Trinajstić information content (AvgIpc) is 3.60. The van der Waals surface area contributed by atoms with Gasteiger partial charge in [-0.05, 0) is 49.4 Å². The first-order valence-corrected chi connectivity index (χ1v) is 15.9. The summed E-state index contributed by atoms with van der Waals surface area (Å²) in [5.74, 6) is -1.95. The Morgan fingerprint density at radius 1 is 1.02 bits per heavy atom. The van der Waals surface area contributed by atoms with Gasteiger partial charge in [-0.25, -0.2) is 0 Å². The van der Waals surface area contributed by atoms with Crippen molar-refractivity contribution in [2.75, 3.05) is 27.9 Å². The zero-order valence-corrected chi connectivity index (χ0v) is 27.2. The van der Waals surface area contributed by atoms with Gasteiger partial charge < -0.3 is 44.5 Å². The fraction of sp³-hybridized carbons (Fsp3) is 0.444. The Balaban J connectivity index is 1.59. The molecule has 11 nitrogen and oxygen atoms in total. The van der Waals surface area contributed by atoms with Gasteiger partial charge in [-0.1, -0.05) is 49.4 Å². The molecule has 2 amide bonds. The Morgan fingerprint density at radius 2 is 1.70 bits per heavy atom. The van der Waals surface area contributed by atoms with Crippen molar-refractivity contribution in [1.82, 2.24) is 10.2 Å². The average molecular weight is 647 g/mol. The van der Waals surface area contributed by atoms with Gasteiger partial charge in [-0.2, -0.15) is 0 Å². The molecule has 11 heteroatoms. The normalized spacial score (nSPS) is 28.9. The Labute approximate surface area is 274 Å². The number of aliphatic hydroxyl groups is 3. The topological polar surface area (TPSA) is 147 Å². The number of carbonyl (C=O) groups excluding carboxylic acids is 2. The Bertz CT molecular complexity index is 1650. The summed E-state index contributed by atoms with van der Waals surface area (Å²) >= 11 is 0. The first-order chi connectivity index (χ1) is 22.5. The molecule has 2 fully saturated rings. The molecule has 6 rings (SSSR count). The second kappa shape index (κ2) is 12.0. The predicted octanol–water partition coefficient (Wildman–Crippen LogP) is 3.19. The van der Waals surface area contributed by atoms with Crippen molar-refractivity contribution in [3.05, 3.63) is 83.4 Å². The van der Waals surface area contributed by atoms with Gasteiger partial charge in [0.15, 0.2) is 5.60 Å². The number of hydrogen-bond donors (Lipinski definition) is 4. The summed E-state index contributed by atoms with van der Waals surface area (Å²) in [6.07, 6.45) is -1.16. The summed E-state index contributed by atoms with van der Waals surface area (Å²) in [4.78, 5) is 29.8. The lowest BCUT2D eigenvalue weighted by atomic mass is 9.75. The molecule has 1 aliphatic carbocycles. The largest absolute Gasteiger partial charge is 0.497 e. The zero-order valence-electron chi connectivity index (χ0n) is 27.2. The van der Waals surface area contributed by atoms with Gasteiger partial charge in [0.1, 0.15) is 46.5 Å². The maximum Gasteiger partial charge on any atom is 0.253 e. The minimum atomic E-state index is -2.23. The molecule has 7 atom stereocenters. The van der Waals surface area contributed by atoms with E-state index >= 15 is 4.79 Å². The van der Waals surface area contributed by atoms with Crippen molar-refractivity contribution in [2.45, 2.75) is 68.1 Å². The van der Waals surface area contributed by atoms with Gasteiger partial charge in [0.25, 0.3) is 5.91 Å². The summed E-state index contributed by atoms with van der Waals surface area (Å²) in [6.45, 7) is 3.43. The number of amides is 2. The van der Waals surface area contributed by atoms with E-state index in [-0.39, 0.29) is 23.5 Å². The van der Waals surface area contributed by atoms with Crippen LogP contribution in [-0.4, -0.2) is 77.8 Å². The third-order valence-electron chi connectivity index (χ3n) is 10.2. The van der Waals surface area contributed by atoms with Gasteiger partial charge in [0.2, 0.25) is 5.91 Å². The quantitative estimate of drug-likeness (QED) is 0.275. The smallest absolute Gasteiger partial charge is 0.253 e. The van der Waals surface area contributed by atoms with E-state index in [1.54, 1.807) is 50.4 Å². The van der Waals surface area contributed by atoms with E-state index in [1.807, 2.05) is 30.3 Å². The van der Waals surface area contributed by atoms with Crippen LogP contribution in [0.15, 0.2) is 66.7 Å². The van der Waals surface area contributed by atoms with Crippen LogP contribution in [0.2, 0.25) is 0 Å². The van der Waals surface area contributed by atoms with E-state index in [1.165, 1.54) is 26.0 Å². The van der Waals surface area contributed by atoms with Gasteiger partial charge in [0.05, 0.1) is 32.8 Å². The summed E-state index contributed by atoms with van der Waals surface area (Å²) in [7, 11) is 4.48. The fourth-order valence-electron chi connectivity index (χ4n) is 7.59. The molecule has 0 spiro atoms. The molecule has 0 aromatic heterocycles. The Morgan fingerprint density at radius 3 is 2.32 bits per heavy atom. The van der Waals surface area contributed by atoms with Crippen LogP contribution in [0.25, 0.3) is 0 Å². The monoisotopic (exact) mass is 646 g/mol. The molecule has 3 aromatic rings. The summed E-state index contributed by atoms with van der Waals surface area (Å²) in [5.41, 5.74) is -4.22. The third kappa shape index (κ3) is 4.90. The molecular weight excluding hydrogens is 604 g/mol. The lowest BCUT2D eigenvalue weighted by molar-refractivity contribution is -0.168. The van der Waals surface area contributed by atoms with E-state index in [9.17, 15) is 20.1 Å². The van der Waals surface area contributed by atoms with Crippen LogP contribution in [-0.2, 0) is 20.8 Å². The lowest BCUT2D eigenvalue weighted by Crippen LogP contribution is -2.57. The van der Waals surface area contributed by atoms with Crippen LogP contribution in [0.4, 0.5) is 0 Å². The third-order valence-corrected chi connectivity index (χ3v) is 10.2. The summed E-state index contributed by atoms with van der Waals surface area (Å²) < 4.78 is 23.6. The minimum absolute atomic E-state index is 0.128. The maximum atomic E-state index is 15.1. The molecule has 2 bridgehead atoms. The second-order valence-electron chi connectivity index (χ2n) is 12.7. The number of carbonyl (C=O) groups is 2. The van der Waals surface area contributed by atoms with E-state index in [0.717, 1.165) is 0 Å². The van der Waals surface area contributed by atoms with Gasteiger partial charge in [0, 0.05) is 24.6 Å². The Hall–Kier alpha value is -4.32. The number of rotatable bonds is 9. The molecule has 47 heavy (non-hydrogen) atoms. The number of benzene rings is 3. The van der Waals surface area contributed by atoms with Crippen molar-refractivity contribution in [1.29, 1.82) is 0 Å². The Kier molecular flexibility index (Phi) is 8.36. The van der Waals surface area contributed by atoms with E-state index in [2.05, 4.69) is 5.32 Å². The highest BCUT2D eigenvalue weighted by Crippen LogP contribution is 2.68. The van der Waals surface area contributed by atoms with E-state index < -0.39 is 52.7 Å². The van der Waals surface area contributed by atoms with Crippen LogP contribution in [0.3, 0.4) is 0 Å². The minimum Gasteiger partial charge on any atom is -0.497 e. The summed E-state index contributed by atoms with van der Waals surface area (Å²) in [5, 5.41) is 39.2. The zero-order chi connectivity index (χ0) is 33.7. The molecule has 1 saturated heterocycles. The van der Waals surface area contributed by atoms with Gasteiger partial charge in [-0.15, -0.1) is 0 Å². The summed E-state index contributed by atoms with van der Waals surface area (Å²) in [6, 6.07) is 19.4. The predicted molar refractivity (Wildman–Crippen MR) is 171 cm³/mol. The number of fused-ring (bicyclic) bond motifs is 4. The van der Waals surface area contributed by atoms with E-state index in [4.69, 9.17) is 18.9 Å². The van der Waals surface area contributed by atoms with Crippen LogP contribution >= 0.6 is 0 Å². The van der Waals surface area contributed by atoms with Crippen LogP contribution in [0, 0.1) is 5.92 Å². The molecule has 3 aromatic carbocycles. The van der Waals surface area contributed by atoms with Crippen molar-refractivity contribution in [2.24, 2.45) is 5.92 Å². The standard InChI is InChI=1S/C36H42N2O9/c1-6-34(2,42)33(41)37-27-13-10-18-38(27)31(39)30-28(21-11-8-7-9-12-21)36(22-14-16-23(44-3)17-15-22)32(40)35(30,43)29-25(46-5)19-24(45-4)20-26(29)47-36/h7-9,11-12,14-17,19-20,27-28,30,32,40,42-43H,6,10,13,18H2,1-5H3,(H,37,41)/t27-,28-,30+,32-,34+,35+,36+/m1/s1. The van der Waals surface area contributed by atoms with Crippen LogP contribution < -0.4 is 24.3 Å². The number of hydrogen-bond acceptors (Lipinski definition) is 9. The fourth-order valence-corrected chi connectivity index (χ4v) is 7.59. The second-order valence-corrected chi connectivity index (χ2v) is 12.7. The molecular formula is C36H42N2O9. The maximum absolute atomic E-state index is 15.1. The number of aliphatic hydroxyl groups excluding tert-OH is 1. The SMILES string of the molecule is CC[C@](C)(O)C(=O)N[C@H]1CCCN1C(=O)[C@@H]1[C@@H](c2ccccc2)[C@]2(c3ccc(OC)cc3)Oc3cc(OC)cc(OC)c3[C@@]1(O)[C@H]2O. The molecule has 3 aliphatic rings. The van der Waals surface area contributed by atoms with Crippen molar-refractivity contribution in [3.63, 3.8) is 0 Å². The van der Waals surface area contributed by atoms with Gasteiger partial charge in [-0.3, -0.25) is 9.59 Å². The molecule has 2 heterocycles. The molecule has 4 N–H and O–H groups in total. The lowest BCUT2D eigenvalue weighted by Gasteiger charge is -2.45. The highest BCUT2D eigenvalue weighted by Gasteiger charge is 2.76. The van der Waals surface area contributed by atoms with E-state index in [0.29, 0.717) is 42.0 Å². The molecule has 1 saturated carbocycles. The first kappa shape index (κ1) is 32.6. The number of likely N-dealkylation sites (tertiary alicyclic amines) is 1. The molecule has 250 valence electrons. The highest BCUT2D eigenvalue weighted by atomic mass is 16.5. The van der Waals surface area contributed by atoms with Crippen molar-refractivity contribution < 1.29 is 43.9 Å². The number of methoxy groups -OCH3 is 3.